The van der Waals surface area contributed by atoms with Crippen LogP contribution in [0.15, 0.2) is 47.6 Å². The molecule has 0 saturated heterocycles. The maximum atomic E-state index is 13.0. The van der Waals surface area contributed by atoms with Gasteiger partial charge in [0.1, 0.15) is 0 Å². The Kier molecular flexibility index (Phi) is 4.78. The van der Waals surface area contributed by atoms with E-state index in [0.29, 0.717) is 16.9 Å². The summed E-state index contributed by atoms with van der Waals surface area (Å²) in [5, 5.41) is 2.79. The van der Waals surface area contributed by atoms with Crippen molar-refractivity contribution in [2.24, 2.45) is 5.92 Å². The van der Waals surface area contributed by atoms with Crippen LogP contribution in [0.2, 0.25) is 0 Å². The number of pyridine rings is 1. The molecule has 0 bridgehead atoms. The van der Waals surface area contributed by atoms with Gasteiger partial charge >= 0.3 is 0 Å². The third-order valence-electron chi connectivity index (χ3n) is 4.34. The maximum absolute atomic E-state index is 13.0. The first-order valence-electron chi connectivity index (χ1n) is 8.23. The van der Waals surface area contributed by atoms with E-state index in [0.717, 1.165) is 0 Å². The molecule has 0 radical (unpaired) electrons. The van der Waals surface area contributed by atoms with E-state index in [2.05, 4.69) is 10.3 Å². The molecule has 8 heteroatoms. The van der Waals surface area contributed by atoms with Gasteiger partial charge in [0.15, 0.2) is 9.84 Å². The molecule has 2 aromatic rings. The van der Waals surface area contributed by atoms with Crippen molar-refractivity contribution >= 4 is 33.0 Å². The van der Waals surface area contributed by atoms with E-state index < -0.39 is 15.8 Å². The molecule has 1 aromatic heterocycles. The summed E-state index contributed by atoms with van der Waals surface area (Å²) in [4.78, 5) is 30.9. The lowest BCUT2D eigenvalue weighted by Crippen LogP contribution is -2.36. The highest BCUT2D eigenvalue weighted by molar-refractivity contribution is 7.91. The highest BCUT2D eigenvalue weighted by atomic mass is 32.2. The fourth-order valence-corrected chi connectivity index (χ4v) is 3.62. The number of nitrogens with zero attached hydrogens (tertiary/aromatic N) is 2. The van der Waals surface area contributed by atoms with Gasteiger partial charge in [-0.05, 0) is 30.3 Å². The molecule has 2 heterocycles. The minimum atomic E-state index is -3.33. The average molecular weight is 373 g/mol. The second kappa shape index (κ2) is 6.87. The number of carbonyl (C=O) groups is 2. The van der Waals surface area contributed by atoms with Crippen LogP contribution in [0.25, 0.3) is 0 Å². The topological polar surface area (TPSA) is 96.4 Å². The molecule has 1 aliphatic rings. The van der Waals surface area contributed by atoms with Crippen molar-refractivity contribution in [3.05, 3.63) is 48.3 Å². The smallest absolute Gasteiger partial charge is 0.258 e. The highest BCUT2D eigenvalue weighted by Crippen LogP contribution is 2.30. The Labute approximate surface area is 152 Å². The van der Waals surface area contributed by atoms with E-state index in [9.17, 15) is 18.0 Å². The molecule has 1 unspecified atom stereocenters. The second-order valence-electron chi connectivity index (χ2n) is 6.13. The monoisotopic (exact) mass is 373 g/mol. The lowest BCUT2D eigenvalue weighted by Gasteiger charge is -2.23. The summed E-state index contributed by atoms with van der Waals surface area (Å²) in [6.45, 7) is 3.52. The second-order valence-corrected chi connectivity index (χ2v) is 8.40. The average Bonchev–Trinajstić information content (AvgIpc) is 2.78. The highest BCUT2D eigenvalue weighted by Gasteiger charge is 2.29. The van der Waals surface area contributed by atoms with Crippen molar-refractivity contribution < 1.29 is 18.0 Å². The molecular weight excluding hydrogens is 354 g/mol. The Hall–Kier alpha value is -2.74. The van der Waals surface area contributed by atoms with Crippen LogP contribution in [0.1, 0.15) is 24.2 Å². The van der Waals surface area contributed by atoms with Crippen molar-refractivity contribution in [2.75, 3.05) is 22.5 Å². The normalized spacial score (nSPS) is 17.2. The predicted molar refractivity (Wildman–Crippen MR) is 97.9 cm³/mol. The number of fused-ring (bicyclic) bond motifs is 1. The Morgan fingerprint density at radius 2 is 1.96 bits per heavy atom. The van der Waals surface area contributed by atoms with Gasteiger partial charge in [0.2, 0.25) is 5.91 Å². The largest absolute Gasteiger partial charge is 0.324 e. The van der Waals surface area contributed by atoms with E-state index in [4.69, 9.17) is 0 Å². The quantitative estimate of drug-likeness (QED) is 0.889. The van der Waals surface area contributed by atoms with Gasteiger partial charge in [0, 0.05) is 18.3 Å². The van der Waals surface area contributed by atoms with Crippen molar-refractivity contribution in [1.29, 1.82) is 0 Å². The third-order valence-corrected chi connectivity index (χ3v) is 6.09. The summed E-state index contributed by atoms with van der Waals surface area (Å²) in [5.74, 6) is -0.886. The van der Waals surface area contributed by atoms with Crippen molar-refractivity contribution in [1.82, 2.24) is 4.98 Å². The van der Waals surface area contributed by atoms with Crippen LogP contribution >= 0.6 is 0 Å². The lowest BCUT2D eigenvalue weighted by molar-refractivity contribution is -0.119. The Morgan fingerprint density at radius 3 is 2.62 bits per heavy atom. The van der Waals surface area contributed by atoms with Gasteiger partial charge in [0.25, 0.3) is 5.91 Å². The van der Waals surface area contributed by atoms with E-state index in [-0.39, 0.29) is 29.0 Å². The van der Waals surface area contributed by atoms with Gasteiger partial charge in [0.05, 0.1) is 34.1 Å². The van der Waals surface area contributed by atoms with E-state index in [1.165, 1.54) is 35.4 Å². The van der Waals surface area contributed by atoms with Crippen LogP contribution in [-0.4, -0.2) is 37.5 Å². The van der Waals surface area contributed by atoms with Crippen LogP contribution in [0.4, 0.5) is 11.4 Å². The summed E-state index contributed by atoms with van der Waals surface area (Å²) in [6.07, 6.45) is 3.07. The summed E-state index contributed by atoms with van der Waals surface area (Å²) >= 11 is 0. The van der Waals surface area contributed by atoms with Gasteiger partial charge in [-0.15, -0.1) is 0 Å². The molecule has 136 valence electrons. The zero-order valence-electron chi connectivity index (χ0n) is 14.5. The molecule has 2 amide bonds. The summed E-state index contributed by atoms with van der Waals surface area (Å²) in [7, 11) is -3.33. The molecule has 0 spiro atoms. The number of benzene rings is 1. The Morgan fingerprint density at radius 1 is 1.27 bits per heavy atom. The SMILES string of the molecule is CCS(=O)(=O)c1ccc(C(=O)N2CC(C)C(=O)Nc3ccncc32)cc1. The van der Waals surface area contributed by atoms with Gasteiger partial charge in [-0.1, -0.05) is 13.8 Å². The van der Waals surface area contributed by atoms with Crippen molar-refractivity contribution in [3.63, 3.8) is 0 Å². The summed E-state index contributed by atoms with van der Waals surface area (Å²) < 4.78 is 23.8. The standard InChI is InChI=1S/C18H19N3O4S/c1-3-26(24,25)14-6-4-13(5-7-14)18(23)21-11-12(2)17(22)20-15-8-9-19-10-16(15)21/h4-10,12H,3,11H2,1-2H3,(H,20,22). The first-order valence-corrected chi connectivity index (χ1v) is 9.88. The number of anilines is 2. The molecule has 1 aliphatic heterocycles. The third kappa shape index (κ3) is 3.32. The van der Waals surface area contributed by atoms with Crippen molar-refractivity contribution in [3.8, 4) is 0 Å². The number of carbonyl (C=O) groups excluding carboxylic acids is 2. The number of rotatable bonds is 3. The van der Waals surface area contributed by atoms with Gasteiger partial charge in [-0.2, -0.15) is 0 Å². The minimum Gasteiger partial charge on any atom is -0.324 e. The fraction of sp³-hybridized carbons (Fsp3) is 0.278. The molecule has 3 rings (SSSR count). The summed E-state index contributed by atoms with van der Waals surface area (Å²) in [5.41, 5.74) is 1.38. The molecule has 0 fully saturated rings. The maximum Gasteiger partial charge on any atom is 0.258 e. The number of hydrogen-bond donors (Lipinski definition) is 1. The number of sulfone groups is 1. The van der Waals surface area contributed by atoms with Gasteiger partial charge in [-0.25, -0.2) is 8.42 Å². The molecule has 7 nitrogen and oxygen atoms in total. The van der Waals surface area contributed by atoms with Crippen LogP contribution in [0, 0.1) is 5.92 Å². The first kappa shape index (κ1) is 18.1. The van der Waals surface area contributed by atoms with Gasteiger partial charge < -0.3 is 10.2 Å². The van der Waals surface area contributed by atoms with Crippen LogP contribution in [-0.2, 0) is 14.6 Å². The van der Waals surface area contributed by atoms with Crippen LogP contribution < -0.4 is 10.2 Å². The molecule has 1 atom stereocenters. The molecular formula is C18H19N3O4S. The number of nitrogens with one attached hydrogen (secondary N) is 1. The summed E-state index contributed by atoms with van der Waals surface area (Å²) in [6, 6.07) is 7.49. The van der Waals surface area contributed by atoms with Crippen molar-refractivity contribution in [2.45, 2.75) is 18.7 Å². The zero-order valence-corrected chi connectivity index (χ0v) is 15.3. The Bertz CT molecular complexity index is 955. The fourth-order valence-electron chi connectivity index (χ4n) is 2.74. The van der Waals surface area contributed by atoms with E-state index >= 15 is 0 Å². The predicted octanol–water partition coefficient (Wildman–Crippen LogP) is 2.11. The molecule has 0 aliphatic carbocycles. The lowest BCUT2D eigenvalue weighted by atomic mass is 10.1. The van der Waals surface area contributed by atoms with Crippen LogP contribution in [0.3, 0.4) is 0 Å². The molecule has 26 heavy (non-hydrogen) atoms. The number of hydrogen-bond acceptors (Lipinski definition) is 5. The molecule has 1 N–H and O–H groups in total. The molecule has 0 saturated carbocycles. The van der Waals surface area contributed by atoms with Gasteiger partial charge in [-0.3, -0.25) is 14.6 Å². The first-order chi connectivity index (χ1) is 12.3. The number of amides is 2. The minimum absolute atomic E-state index is 0.00322. The van der Waals surface area contributed by atoms with E-state index in [1.54, 1.807) is 26.1 Å². The number of aromatic nitrogens is 1. The van der Waals surface area contributed by atoms with E-state index in [1.807, 2.05) is 0 Å². The Balaban J connectivity index is 1.97. The zero-order chi connectivity index (χ0) is 18.9. The molecule has 1 aromatic carbocycles. The van der Waals surface area contributed by atoms with Crippen LogP contribution in [0.5, 0.6) is 0 Å².